The second-order valence-electron chi connectivity index (χ2n) is 5.85. The molecule has 0 unspecified atom stereocenters. The number of amides is 1. The maximum absolute atomic E-state index is 12.6. The Morgan fingerprint density at radius 1 is 1.26 bits per heavy atom. The SMILES string of the molecule is Cc1cc(C(=O)N(C)CCc2ccncc2)nc(NC(C)C)n1. The minimum absolute atomic E-state index is 0.101. The fourth-order valence-corrected chi connectivity index (χ4v) is 2.14. The number of hydrogen-bond acceptors (Lipinski definition) is 5. The molecule has 2 aromatic heterocycles. The molecule has 2 aromatic rings. The lowest BCUT2D eigenvalue weighted by molar-refractivity contribution is 0.0790. The lowest BCUT2D eigenvalue weighted by Gasteiger charge is -2.17. The van der Waals surface area contributed by atoms with Crippen LogP contribution < -0.4 is 5.32 Å². The molecule has 2 heterocycles. The summed E-state index contributed by atoms with van der Waals surface area (Å²) in [5.41, 5.74) is 2.34. The zero-order chi connectivity index (χ0) is 16.8. The normalized spacial score (nSPS) is 10.7. The van der Waals surface area contributed by atoms with Gasteiger partial charge in [-0.2, -0.15) is 0 Å². The van der Waals surface area contributed by atoms with E-state index in [0.29, 0.717) is 18.2 Å². The van der Waals surface area contributed by atoms with E-state index in [-0.39, 0.29) is 11.9 Å². The van der Waals surface area contributed by atoms with Crippen molar-refractivity contribution >= 4 is 11.9 Å². The standard InChI is InChI=1S/C17H23N5O/c1-12(2)19-17-20-13(3)11-15(21-17)16(23)22(4)10-7-14-5-8-18-9-6-14/h5-6,8-9,11-12H,7,10H2,1-4H3,(H,19,20,21). The highest BCUT2D eigenvalue weighted by atomic mass is 16.2. The maximum atomic E-state index is 12.6. The minimum Gasteiger partial charge on any atom is -0.352 e. The molecule has 6 heteroatoms. The number of pyridine rings is 1. The molecule has 0 fully saturated rings. The molecule has 0 saturated carbocycles. The molecule has 0 aliphatic carbocycles. The summed E-state index contributed by atoms with van der Waals surface area (Å²) < 4.78 is 0. The van der Waals surface area contributed by atoms with Gasteiger partial charge in [-0.3, -0.25) is 9.78 Å². The third kappa shape index (κ3) is 5.02. The van der Waals surface area contributed by atoms with Crippen molar-refractivity contribution in [2.45, 2.75) is 33.2 Å². The van der Waals surface area contributed by atoms with Crippen molar-refractivity contribution in [3.8, 4) is 0 Å². The van der Waals surface area contributed by atoms with E-state index in [0.717, 1.165) is 17.7 Å². The Labute approximate surface area is 137 Å². The zero-order valence-corrected chi connectivity index (χ0v) is 14.1. The van der Waals surface area contributed by atoms with E-state index >= 15 is 0 Å². The Balaban J connectivity index is 2.05. The van der Waals surface area contributed by atoms with E-state index < -0.39 is 0 Å². The van der Waals surface area contributed by atoms with Gasteiger partial charge in [-0.1, -0.05) is 0 Å². The van der Waals surface area contributed by atoms with Crippen molar-refractivity contribution in [2.24, 2.45) is 0 Å². The summed E-state index contributed by atoms with van der Waals surface area (Å²) in [5.74, 6) is 0.391. The predicted molar refractivity (Wildman–Crippen MR) is 90.4 cm³/mol. The first-order valence-electron chi connectivity index (χ1n) is 7.72. The molecule has 0 atom stereocenters. The molecule has 6 nitrogen and oxygen atoms in total. The zero-order valence-electron chi connectivity index (χ0n) is 14.1. The van der Waals surface area contributed by atoms with E-state index in [2.05, 4.69) is 20.3 Å². The van der Waals surface area contributed by atoms with Crippen LogP contribution in [-0.4, -0.2) is 45.4 Å². The summed E-state index contributed by atoms with van der Waals surface area (Å²) >= 11 is 0. The number of rotatable bonds is 6. The van der Waals surface area contributed by atoms with Gasteiger partial charge in [0, 0.05) is 37.7 Å². The first-order chi connectivity index (χ1) is 11.0. The summed E-state index contributed by atoms with van der Waals surface area (Å²) in [6.07, 6.45) is 4.30. The molecule has 0 aliphatic rings. The number of likely N-dealkylation sites (N-methyl/N-ethyl adjacent to an activating group) is 1. The van der Waals surface area contributed by atoms with Crippen LogP contribution in [0.4, 0.5) is 5.95 Å². The van der Waals surface area contributed by atoms with Gasteiger partial charge in [0.2, 0.25) is 5.95 Å². The first-order valence-corrected chi connectivity index (χ1v) is 7.72. The molecule has 1 N–H and O–H groups in total. The minimum atomic E-state index is -0.101. The molecule has 1 amide bonds. The van der Waals surface area contributed by atoms with Crippen LogP contribution in [0.1, 0.15) is 35.6 Å². The van der Waals surface area contributed by atoms with Crippen LogP contribution in [-0.2, 0) is 6.42 Å². The Bertz CT molecular complexity index is 657. The number of anilines is 1. The summed E-state index contributed by atoms with van der Waals surface area (Å²) in [4.78, 5) is 26.9. The Kier molecular flexibility index (Phi) is 5.62. The van der Waals surface area contributed by atoms with Gasteiger partial charge < -0.3 is 10.2 Å². The fourth-order valence-electron chi connectivity index (χ4n) is 2.14. The first kappa shape index (κ1) is 16.9. The van der Waals surface area contributed by atoms with Gasteiger partial charge in [-0.05, 0) is 51.0 Å². The summed E-state index contributed by atoms with van der Waals surface area (Å²) in [6, 6.07) is 5.84. The summed E-state index contributed by atoms with van der Waals surface area (Å²) in [5, 5.41) is 3.14. The monoisotopic (exact) mass is 313 g/mol. The quantitative estimate of drug-likeness (QED) is 0.886. The Morgan fingerprint density at radius 3 is 2.61 bits per heavy atom. The molecule has 2 rings (SSSR count). The van der Waals surface area contributed by atoms with Gasteiger partial charge in [0.25, 0.3) is 5.91 Å². The highest BCUT2D eigenvalue weighted by Crippen LogP contribution is 2.09. The third-order valence-corrected chi connectivity index (χ3v) is 3.32. The summed E-state index contributed by atoms with van der Waals surface area (Å²) in [6.45, 7) is 6.50. The largest absolute Gasteiger partial charge is 0.352 e. The average Bonchev–Trinajstić information content (AvgIpc) is 2.51. The van der Waals surface area contributed by atoms with E-state index in [9.17, 15) is 4.79 Å². The lowest BCUT2D eigenvalue weighted by Crippen LogP contribution is -2.30. The number of aromatic nitrogens is 3. The number of hydrogen-bond donors (Lipinski definition) is 1. The van der Waals surface area contributed by atoms with Crippen molar-refractivity contribution in [3.05, 3.63) is 47.5 Å². The highest BCUT2D eigenvalue weighted by Gasteiger charge is 2.15. The number of aryl methyl sites for hydroxylation is 1. The van der Waals surface area contributed by atoms with E-state index in [1.807, 2.05) is 32.9 Å². The second-order valence-corrected chi connectivity index (χ2v) is 5.85. The fraction of sp³-hybridized carbons (Fsp3) is 0.412. The van der Waals surface area contributed by atoms with Crippen molar-refractivity contribution < 1.29 is 4.79 Å². The van der Waals surface area contributed by atoms with Gasteiger partial charge in [0.1, 0.15) is 5.69 Å². The maximum Gasteiger partial charge on any atom is 0.272 e. The third-order valence-electron chi connectivity index (χ3n) is 3.32. The second kappa shape index (κ2) is 7.67. The van der Waals surface area contributed by atoms with Crippen LogP contribution in [0.3, 0.4) is 0 Å². The molecule has 0 saturated heterocycles. The number of carbonyl (C=O) groups is 1. The average molecular weight is 313 g/mol. The molecule has 0 bridgehead atoms. The van der Waals surface area contributed by atoms with E-state index in [4.69, 9.17) is 0 Å². The lowest BCUT2D eigenvalue weighted by atomic mass is 10.2. The molecule has 0 aliphatic heterocycles. The number of nitrogens with zero attached hydrogens (tertiary/aromatic N) is 4. The Hall–Kier alpha value is -2.50. The molecule has 0 spiro atoms. The van der Waals surface area contributed by atoms with Crippen LogP contribution in [0.5, 0.6) is 0 Å². The number of carbonyl (C=O) groups excluding carboxylic acids is 1. The van der Waals surface area contributed by atoms with E-state index in [1.165, 1.54) is 0 Å². The smallest absolute Gasteiger partial charge is 0.272 e. The highest BCUT2D eigenvalue weighted by molar-refractivity contribution is 5.92. The van der Waals surface area contributed by atoms with E-state index in [1.54, 1.807) is 30.4 Å². The van der Waals surface area contributed by atoms with Crippen molar-refractivity contribution in [1.82, 2.24) is 19.9 Å². The van der Waals surface area contributed by atoms with Crippen LogP contribution in [0.15, 0.2) is 30.6 Å². The van der Waals surface area contributed by atoms with Crippen molar-refractivity contribution in [3.63, 3.8) is 0 Å². The van der Waals surface area contributed by atoms with Crippen LogP contribution in [0, 0.1) is 6.92 Å². The molecule has 0 radical (unpaired) electrons. The van der Waals surface area contributed by atoms with Gasteiger partial charge in [-0.25, -0.2) is 9.97 Å². The molecule has 0 aromatic carbocycles. The van der Waals surface area contributed by atoms with Gasteiger partial charge >= 0.3 is 0 Å². The predicted octanol–water partition coefficient (Wildman–Crippen LogP) is 2.32. The topological polar surface area (TPSA) is 71.0 Å². The molecule has 122 valence electrons. The van der Waals surface area contributed by atoms with Gasteiger partial charge in [-0.15, -0.1) is 0 Å². The van der Waals surface area contributed by atoms with Crippen LogP contribution in [0.2, 0.25) is 0 Å². The van der Waals surface area contributed by atoms with Crippen molar-refractivity contribution in [2.75, 3.05) is 18.9 Å². The summed E-state index contributed by atoms with van der Waals surface area (Å²) in [7, 11) is 1.79. The van der Waals surface area contributed by atoms with Crippen LogP contribution in [0.25, 0.3) is 0 Å². The molecular formula is C17H23N5O. The van der Waals surface area contributed by atoms with Crippen molar-refractivity contribution in [1.29, 1.82) is 0 Å². The molecular weight excluding hydrogens is 290 g/mol. The number of nitrogens with one attached hydrogen (secondary N) is 1. The molecule has 23 heavy (non-hydrogen) atoms. The van der Waals surface area contributed by atoms with Gasteiger partial charge in [0.05, 0.1) is 0 Å². The van der Waals surface area contributed by atoms with Crippen LogP contribution >= 0.6 is 0 Å². The Morgan fingerprint density at radius 2 is 1.96 bits per heavy atom. The van der Waals surface area contributed by atoms with Gasteiger partial charge in [0.15, 0.2) is 0 Å².